The van der Waals surface area contributed by atoms with E-state index in [1.807, 2.05) is 32.3 Å². The summed E-state index contributed by atoms with van der Waals surface area (Å²) in [6, 6.07) is 8.01. The number of hydrogen-bond acceptors (Lipinski definition) is 4. The van der Waals surface area contributed by atoms with E-state index in [0.29, 0.717) is 6.54 Å². The van der Waals surface area contributed by atoms with Crippen LogP contribution >= 0.6 is 22.9 Å². The average Bonchev–Trinajstić information content (AvgIpc) is 2.80. The van der Waals surface area contributed by atoms with E-state index in [9.17, 15) is 0 Å². The van der Waals surface area contributed by atoms with Gasteiger partial charge in [0, 0.05) is 16.8 Å². The highest BCUT2D eigenvalue weighted by molar-refractivity contribution is 7.09. The van der Waals surface area contributed by atoms with Crippen LogP contribution < -0.4 is 5.73 Å². The summed E-state index contributed by atoms with van der Waals surface area (Å²) >= 11 is 7.97. The number of thiazole rings is 1. The molecule has 0 aliphatic rings. The van der Waals surface area contributed by atoms with Crippen molar-refractivity contribution in [2.24, 2.45) is 5.73 Å². The van der Waals surface area contributed by atoms with Crippen LogP contribution in [0, 0.1) is 0 Å². The molecule has 2 aromatic rings. The molecule has 0 fully saturated rings. The van der Waals surface area contributed by atoms with Crippen LogP contribution in [0.4, 0.5) is 0 Å². The fourth-order valence-corrected chi connectivity index (χ4v) is 3.34. The molecule has 2 N–H and O–H groups in total. The molecule has 1 aromatic heterocycles. The Morgan fingerprint density at radius 1 is 1.37 bits per heavy atom. The molecule has 0 radical (unpaired) electrons. The third kappa shape index (κ3) is 3.34. The SMILES string of the molecule is CN(C)C(c1nc(CCN)cs1)c1ccccc1Cl. The van der Waals surface area contributed by atoms with Gasteiger partial charge in [0.05, 0.1) is 11.7 Å². The zero-order chi connectivity index (χ0) is 13.8. The number of aromatic nitrogens is 1. The van der Waals surface area contributed by atoms with Crippen LogP contribution in [-0.4, -0.2) is 30.5 Å². The zero-order valence-corrected chi connectivity index (χ0v) is 12.7. The molecule has 0 bridgehead atoms. The molecular weight excluding hydrogens is 278 g/mol. The zero-order valence-electron chi connectivity index (χ0n) is 11.1. The van der Waals surface area contributed by atoms with E-state index in [1.165, 1.54) is 0 Å². The highest BCUT2D eigenvalue weighted by Crippen LogP contribution is 2.33. The molecule has 1 aromatic carbocycles. The fourth-order valence-electron chi connectivity index (χ4n) is 2.04. The second kappa shape index (κ2) is 6.48. The minimum absolute atomic E-state index is 0.0882. The summed E-state index contributed by atoms with van der Waals surface area (Å²) in [5.74, 6) is 0. The number of nitrogens with two attached hydrogens (primary N) is 1. The Balaban J connectivity index is 2.37. The summed E-state index contributed by atoms with van der Waals surface area (Å²) in [5.41, 5.74) is 7.72. The lowest BCUT2D eigenvalue weighted by molar-refractivity contribution is 0.341. The summed E-state index contributed by atoms with van der Waals surface area (Å²) in [6.07, 6.45) is 0.819. The van der Waals surface area contributed by atoms with Crippen molar-refractivity contribution in [2.75, 3.05) is 20.6 Å². The maximum Gasteiger partial charge on any atom is 0.115 e. The molecule has 19 heavy (non-hydrogen) atoms. The quantitative estimate of drug-likeness (QED) is 0.922. The van der Waals surface area contributed by atoms with Crippen molar-refractivity contribution in [1.82, 2.24) is 9.88 Å². The highest BCUT2D eigenvalue weighted by atomic mass is 35.5. The lowest BCUT2D eigenvalue weighted by Crippen LogP contribution is -2.21. The Morgan fingerprint density at radius 3 is 2.74 bits per heavy atom. The molecule has 1 atom stereocenters. The van der Waals surface area contributed by atoms with E-state index in [4.69, 9.17) is 17.3 Å². The third-order valence-corrected chi connectivity index (χ3v) is 4.21. The van der Waals surface area contributed by atoms with Gasteiger partial charge in [0.15, 0.2) is 0 Å². The highest BCUT2D eigenvalue weighted by Gasteiger charge is 2.22. The van der Waals surface area contributed by atoms with E-state index >= 15 is 0 Å². The minimum Gasteiger partial charge on any atom is -0.330 e. The van der Waals surface area contributed by atoms with Crippen LogP contribution in [0.3, 0.4) is 0 Å². The average molecular weight is 296 g/mol. The van der Waals surface area contributed by atoms with Gasteiger partial charge in [0.25, 0.3) is 0 Å². The molecule has 3 nitrogen and oxygen atoms in total. The standard InChI is InChI=1S/C14H18ClN3S/c1-18(2)13(11-5-3-4-6-12(11)15)14-17-10(7-8-16)9-19-14/h3-6,9,13H,7-8,16H2,1-2H3. The van der Waals surface area contributed by atoms with E-state index in [0.717, 1.165) is 27.7 Å². The first-order chi connectivity index (χ1) is 9.13. The summed E-state index contributed by atoms with van der Waals surface area (Å²) in [6.45, 7) is 0.627. The Kier molecular flexibility index (Phi) is 4.93. The molecule has 102 valence electrons. The van der Waals surface area contributed by atoms with Gasteiger partial charge in [0.1, 0.15) is 5.01 Å². The van der Waals surface area contributed by atoms with Gasteiger partial charge in [-0.2, -0.15) is 0 Å². The topological polar surface area (TPSA) is 42.2 Å². The van der Waals surface area contributed by atoms with Crippen LogP contribution in [0.2, 0.25) is 5.02 Å². The number of halogens is 1. The first-order valence-electron chi connectivity index (χ1n) is 6.18. The van der Waals surface area contributed by atoms with E-state index in [1.54, 1.807) is 11.3 Å². The van der Waals surface area contributed by atoms with Gasteiger partial charge in [-0.05, 0) is 32.3 Å². The van der Waals surface area contributed by atoms with Crippen molar-refractivity contribution in [3.05, 3.63) is 50.9 Å². The molecule has 0 saturated heterocycles. The third-order valence-electron chi connectivity index (χ3n) is 2.92. The number of hydrogen-bond donors (Lipinski definition) is 1. The fraction of sp³-hybridized carbons (Fsp3) is 0.357. The molecule has 2 rings (SSSR count). The van der Waals surface area contributed by atoms with Gasteiger partial charge in [-0.1, -0.05) is 29.8 Å². The Morgan fingerprint density at radius 2 is 2.11 bits per heavy atom. The molecule has 1 heterocycles. The maximum absolute atomic E-state index is 6.31. The Hall–Kier alpha value is -0.940. The van der Waals surface area contributed by atoms with Gasteiger partial charge in [-0.25, -0.2) is 4.98 Å². The van der Waals surface area contributed by atoms with Crippen molar-refractivity contribution in [3.63, 3.8) is 0 Å². The van der Waals surface area contributed by atoms with Gasteiger partial charge in [-0.15, -0.1) is 11.3 Å². The van der Waals surface area contributed by atoms with Crippen LogP contribution in [0.5, 0.6) is 0 Å². The van der Waals surface area contributed by atoms with Crippen LogP contribution in [0.25, 0.3) is 0 Å². The van der Waals surface area contributed by atoms with Crippen molar-refractivity contribution in [2.45, 2.75) is 12.5 Å². The van der Waals surface area contributed by atoms with E-state index in [-0.39, 0.29) is 6.04 Å². The van der Waals surface area contributed by atoms with Gasteiger partial charge < -0.3 is 5.73 Å². The van der Waals surface area contributed by atoms with Crippen molar-refractivity contribution in [3.8, 4) is 0 Å². The Bertz CT molecular complexity index is 539. The molecule has 0 aliphatic heterocycles. The lowest BCUT2D eigenvalue weighted by Gasteiger charge is -2.23. The largest absolute Gasteiger partial charge is 0.330 e. The number of benzene rings is 1. The molecule has 5 heteroatoms. The van der Waals surface area contributed by atoms with Gasteiger partial charge in [-0.3, -0.25) is 4.90 Å². The van der Waals surface area contributed by atoms with Crippen molar-refractivity contribution < 1.29 is 0 Å². The van der Waals surface area contributed by atoms with Crippen molar-refractivity contribution >= 4 is 22.9 Å². The summed E-state index contributed by atoms with van der Waals surface area (Å²) in [4.78, 5) is 6.81. The monoisotopic (exact) mass is 295 g/mol. The second-order valence-corrected chi connectivity index (χ2v) is 5.90. The van der Waals surface area contributed by atoms with Crippen LogP contribution in [-0.2, 0) is 6.42 Å². The molecule has 0 aliphatic carbocycles. The molecule has 0 saturated carbocycles. The normalized spacial score (nSPS) is 12.9. The molecule has 1 unspecified atom stereocenters. The van der Waals surface area contributed by atoms with Gasteiger partial charge >= 0.3 is 0 Å². The molecule has 0 spiro atoms. The first-order valence-corrected chi connectivity index (χ1v) is 7.44. The molecule has 0 amide bonds. The molecular formula is C14H18ClN3S. The maximum atomic E-state index is 6.31. The summed E-state index contributed by atoms with van der Waals surface area (Å²) in [7, 11) is 4.08. The van der Waals surface area contributed by atoms with Crippen molar-refractivity contribution in [1.29, 1.82) is 0 Å². The first kappa shape index (κ1) is 14.5. The predicted octanol–water partition coefficient (Wildman–Crippen LogP) is 2.95. The smallest absolute Gasteiger partial charge is 0.115 e. The summed E-state index contributed by atoms with van der Waals surface area (Å²) in [5, 5.41) is 3.91. The number of rotatable bonds is 5. The second-order valence-electron chi connectivity index (χ2n) is 4.60. The lowest BCUT2D eigenvalue weighted by atomic mass is 10.1. The van der Waals surface area contributed by atoms with Gasteiger partial charge in [0.2, 0.25) is 0 Å². The van der Waals surface area contributed by atoms with Crippen LogP contribution in [0.15, 0.2) is 29.6 Å². The van der Waals surface area contributed by atoms with Crippen LogP contribution in [0.1, 0.15) is 22.3 Å². The number of nitrogens with zero attached hydrogens (tertiary/aromatic N) is 2. The van der Waals surface area contributed by atoms with E-state index in [2.05, 4.69) is 21.3 Å². The van der Waals surface area contributed by atoms with E-state index < -0.39 is 0 Å². The summed E-state index contributed by atoms with van der Waals surface area (Å²) < 4.78 is 0. The predicted molar refractivity (Wildman–Crippen MR) is 81.9 cm³/mol. The minimum atomic E-state index is 0.0882. The Labute approximate surface area is 123 Å².